The van der Waals surface area contributed by atoms with Crippen LogP contribution in [-0.2, 0) is 9.53 Å². The van der Waals surface area contributed by atoms with E-state index in [9.17, 15) is 9.59 Å². The summed E-state index contributed by atoms with van der Waals surface area (Å²) in [4.78, 5) is 42.8. The highest BCUT2D eigenvalue weighted by Gasteiger charge is 2.24. The number of halogens is 1. The van der Waals surface area contributed by atoms with Gasteiger partial charge in [0, 0.05) is 82.2 Å². The molecule has 0 atom stereocenters. The summed E-state index contributed by atoms with van der Waals surface area (Å²) in [6, 6.07) is 7.79. The Bertz CT molecular complexity index is 991. The van der Waals surface area contributed by atoms with Crippen LogP contribution < -0.4 is 4.90 Å². The summed E-state index contributed by atoms with van der Waals surface area (Å²) in [7, 11) is 0. The Morgan fingerprint density at radius 1 is 1.03 bits per heavy atom. The number of amides is 2. The number of morpholine rings is 1. The molecule has 35 heavy (non-hydrogen) atoms. The first kappa shape index (κ1) is 25.3. The maximum Gasteiger partial charge on any atom is 0.274 e. The van der Waals surface area contributed by atoms with E-state index in [1.165, 1.54) is 6.20 Å². The number of anilines is 1. The number of benzene rings is 1. The molecule has 1 aromatic carbocycles. The summed E-state index contributed by atoms with van der Waals surface area (Å²) in [6.45, 7) is 9.38. The molecule has 0 aliphatic carbocycles. The summed E-state index contributed by atoms with van der Waals surface area (Å²) >= 11 is 6.13. The molecular weight excluding hydrogens is 468 g/mol. The van der Waals surface area contributed by atoms with Gasteiger partial charge in [-0.25, -0.2) is 4.98 Å². The zero-order valence-corrected chi connectivity index (χ0v) is 21.0. The lowest BCUT2D eigenvalue weighted by molar-refractivity contribution is -0.131. The molecule has 2 amide bonds. The molecular formula is C25H33ClN6O3. The SMILES string of the molecule is Cc1cnc(C(=O)N(CCC(=O)N2CCN(c3cccc(Cl)c3)CC2)CCN2CCOCC2)cn1. The van der Waals surface area contributed by atoms with Gasteiger partial charge in [-0.1, -0.05) is 17.7 Å². The Balaban J connectivity index is 1.32. The van der Waals surface area contributed by atoms with Crippen LogP contribution in [0.25, 0.3) is 0 Å². The van der Waals surface area contributed by atoms with E-state index >= 15 is 0 Å². The van der Waals surface area contributed by atoms with Crippen molar-refractivity contribution in [2.24, 2.45) is 0 Å². The topological polar surface area (TPSA) is 82.1 Å². The van der Waals surface area contributed by atoms with Crippen LogP contribution in [-0.4, -0.2) is 109 Å². The average Bonchev–Trinajstić information content (AvgIpc) is 2.89. The van der Waals surface area contributed by atoms with E-state index in [1.807, 2.05) is 36.1 Å². The van der Waals surface area contributed by atoms with Gasteiger partial charge in [-0.05, 0) is 25.1 Å². The standard InChI is InChI=1S/C25H33ClN6O3/c1-20-18-28-23(19-27-20)25(34)32(8-7-29-13-15-35-16-14-29)6-5-24(33)31-11-9-30(10-12-31)22-4-2-3-21(26)17-22/h2-4,17-19H,5-16H2,1H3. The molecule has 2 fully saturated rings. The van der Waals surface area contributed by atoms with E-state index in [0.717, 1.165) is 44.1 Å². The first-order valence-corrected chi connectivity index (χ1v) is 12.5. The van der Waals surface area contributed by atoms with E-state index in [-0.39, 0.29) is 18.2 Å². The van der Waals surface area contributed by atoms with Crippen LogP contribution in [0.5, 0.6) is 0 Å². The maximum atomic E-state index is 13.2. The van der Waals surface area contributed by atoms with Gasteiger partial charge in [0.25, 0.3) is 5.91 Å². The van der Waals surface area contributed by atoms with E-state index in [1.54, 1.807) is 11.1 Å². The van der Waals surface area contributed by atoms with Crippen LogP contribution in [0.3, 0.4) is 0 Å². The van der Waals surface area contributed by atoms with Crippen molar-refractivity contribution in [2.45, 2.75) is 13.3 Å². The van der Waals surface area contributed by atoms with Crippen LogP contribution in [0.1, 0.15) is 22.6 Å². The number of nitrogens with zero attached hydrogens (tertiary/aromatic N) is 6. The second-order valence-corrected chi connectivity index (χ2v) is 9.32. The van der Waals surface area contributed by atoms with Gasteiger partial charge in [0.15, 0.2) is 0 Å². The fraction of sp³-hybridized carbons (Fsp3) is 0.520. The lowest BCUT2D eigenvalue weighted by Crippen LogP contribution is -2.49. The maximum absolute atomic E-state index is 13.2. The zero-order chi connectivity index (χ0) is 24.6. The molecule has 0 N–H and O–H groups in total. The highest BCUT2D eigenvalue weighted by atomic mass is 35.5. The van der Waals surface area contributed by atoms with Gasteiger partial charge in [0.05, 0.1) is 25.1 Å². The Morgan fingerprint density at radius 3 is 2.49 bits per heavy atom. The fourth-order valence-electron chi connectivity index (χ4n) is 4.34. The average molecular weight is 501 g/mol. The second kappa shape index (κ2) is 12.3. The van der Waals surface area contributed by atoms with Crippen molar-refractivity contribution in [3.05, 3.63) is 53.1 Å². The molecule has 4 rings (SSSR count). The molecule has 2 aliphatic heterocycles. The fourth-order valence-corrected chi connectivity index (χ4v) is 4.53. The van der Waals surface area contributed by atoms with E-state index < -0.39 is 0 Å². The Morgan fingerprint density at radius 2 is 1.80 bits per heavy atom. The first-order valence-electron chi connectivity index (χ1n) is 12.2. The minimum absolute atomic E-state index is 0.0647. The van der Waals surface area contributed by atoms with Crippen LogP contribution in [0.15, 0.2) is 36.7 Å². The van der Waals surface area contributed by atoms with E-state index in [2.05, 4.69) is 19.8 Å². The molecule has 1 aromatic heterocycles. The summed E-state index contributed by atoms with van der Waals surface area (Å²) in [5.41, 5.74) is 2.14. The number of carbonyl (C=O) groups is 2. The Labute approximate surface area is 211 Å². The normalized spacial score (nSPS) is 16.9. The lowest BCUT2D eigenvalue weighted by Gasteiger charge is -2.36. The van der Waals surface area contributed by atoms with Crippen molar-refractivity contribution in [3.63, 3.8) is 0 Å². The molecule has 3 heterocycles. The number of ether oxygens (including phenoxy) is 1. The molecule has 0 bridgehead atoms. The van der Waals surface area contributed by atoms with Gasteiger partial charge in [0.2, 0.25) is 5.91 Å². The van der Waals surface area contributed by atoms with E-state index in [4.69, 9.17) is 16.3 Å². The quantitative estimate of drug-likeness (QED) is 0.548. The lowest BCUT2D eigenvalue weighted by atomic mass is 10.2. The molecule has 10 heteroatoms. The summed E-state index contributed by atoms with van der Waals surface area (Å²) in [5.74, 6) is -0.126. The second-order valence-electron chi connectivity index (χ2n) is 8.89. The Hall–Kier alpha value is -2.75. The van der Waals surface area contributed by atoms with Crippen molar-refractivity contribution in [3.8, 4) is 0 Å². The monoisotopic (exact) mass is 500 g/mol. The van der Waals surface area contributed by atoms with Crippen LogP contribution >= 0.6 is 11.6 Å². The summed E-state index contributed by atoms with van der Waals surface area (Å²) < 4.78 is 5.42. The molecule has 9 nitrogen and oxygen atoms in total. The van der Waals surface area contributed by atoms with Crippen molar-refractivity contribution in [1.82, 2.24) is 24.7 Å². The molecule has 2 saturated heterocycles. The minimum atomic E-state index is -0.190. The molecule has 2 aliphatic rings. The summed E-state index contributed by atoms with van der Waals surface area (Å²) in [6.07, 6.45) is 3.39. The van der Waals surface area contributed by atoms with Crippen molar-refractivity contribution < 1.29 is 14.3 Å². The predicted molar refractivity (Wildman–Crippen MR) is 135 cm³/mol. The number of hydrogen-bond donors (Lipinski definition) is 0. The highest BCUT2D eigenvalue weighted by Crippen LogP contribution is 2.21. The van der Waals surface area contributed by atoms with Crippen LogP contribution in [0.2, 0.25) is 5.02 Å². The first-order chi connectivity index (χ1) is 17.0. The number of hydrogen-bond acceptors (Lipinski definition) is 7. The van der Waals surface area contributed by atoms with Crippen molar-refractivity contribution in [2.75, 3.05) is 77.0 Å². The molecule has 0 unspecified atom stereocenters. The third-order valence-corrected chi connectivity index (χ3v) is 6.71. The third kappa shape index (κ3) is 7.13. The number of rotatable bonds is 8. The van der Waals surface area contributed by atoms with Gasteiger partial charge in [0.1, 0.15) is 5.69 Å². The van der Waals surface area contributed by atoms with Gasteiger partial charge in [-0.2, -0.15) is 0 Å². The number of piperazine rings is 1. The molecule has 2 aromatic rings. The van der Waals surface area contributed by atoms with Crippen LogP contribution in [0, 0.1) is 6.92 Å². The highest BCUT2D eigenvalue weighted by molar-refractivity contribution is 6.30. The number of carbonyl (C=O) groups excluding carboxylic acids is 2. The predicted octanol–water partition coefficient (Wildman–Crippen LogP) is 1.95. The third-order valence-electron chi connectivity index (χ3n) is 6.48. The van der Waals surface area contributed by atoms with Gasteiger partial charge in [-0.15, -0.1) is 0 Å². The van der Waals surface area contributed by atoms with Gasteiger partial charge in [-0.3, -0.25) is 19.5 Å². The number of aromatic nitrogens is 2. The van der Waals surface area contributed by atoms with Gasteiger partial charge >= 0.3 is 0 Å². The summed E-state index contributed by atoms with van der Waals surface area (Å²) in [5, 5.41) is 0.709. The van der Waals surface area contributed by atoms with Crippen molar-refractivity contribution in [1.29, 1.82) is 0 Å². The Kier molecular flexibility index (Phi) is 8.90. The van der Waals surface area contributed by atoms with E-state index in [0.29, 0.717) is 50.1 Å². The minimum Gasteiger partial charge on any atom is -0.379 e. The molecule has 0 saturated carbocycles. The molecule has 188 valence electrons. The smallest absolute Gasteiger partial charge is 0.274 e. The zero-order valence-electron chi connectivity index (χ0n) is 20.2. The largest absolute Gasteiger partial charge is 0.379 e. The molecule has 0 radical (unpaired) electrons. The van der Waals surface area contributed by atoms with Crippen LogP contribution in [0.4, 0.5) is 5.69 Å². The molecule has 0 spiro atoms. The number of aryl methyl sites for hydroxylation is 1. The van der Waals surface area contributed by atoms with Crippen molar-refractivity contribution >= 4 is 29.1 Å². The van der Waals surface area contributed by atoms with Gasteiger partial charge < -0.3 is 19.4 Å².